The summed E-state index contributed by atoms with van der Waals surface area (Å²) in [6.45, 7) is 5.08. The molecule has 0 bridgehead atoms. The van der Waals surface area contributed by atoms with Crippen molar-refractivity contribution < 1.29 is 32.3 Å². The second-order valence-electron chi connectivity index (χ2n) is 7.49. The molecule has 1 heterocycles. The van der Waals surface area contributed by atoms with Gasteiger partial charge in [0.25, 0.3) is 5.91 Å². The molecule has 1 aliphatic rings. The Morgan fingerprint density at radius 3 is 2.47 bits per heavy atom. The molecule has 2 amide bonds. The monoisotopic (exact) mass is 489 g/mol. The Labute approximate surface area is 198 Å². The molecular formula is C23H27N3O7S. The molecule has 11 heteroatoms. The zero-order chi connectivity index (χ0) is 25.0. The van der Waals surface area contributed by atoms with E-state index in [0.717, 1.165) is 0 Å². The van der Waals surface area contributed by atoms with E-state index in [1.54, 1.807) is 38.1 Å². The summed E-state index contributed by atoms with van der Waals surface area (Å²) in [6.07, 6.45) is -1.23. The second-order valence-corrected chi connectivity index (χ2v) is 9.40. The number of carbonyl (C=O) groups is 3. The van der Waals surface area contributed by atoms with E-state index in [2.05, 4.69) is 5.32 Å². The largest absolute Gasteiger partial charge is 0.495 e. The topological polar surface area (TPSA) is 122 Å². The number of methoxy groups -OCH3 is 1. The first-order chi connectivity index (χ1) is 16.1. The SMILES string of the molecule is CCN(CC)S(=O)(=O)c1cc(C(=O)OC(C)C(=O)N2CC(=O)Nc3ccccc32)ccc1OC. The average molecular weight is 490 g/mol. The number of hydrogen-bond donors (Lipinski definition) is 1. The molecule has 0 spiro atoms. The van der Waals surface area contributed by atoms with Crippen LogP contribution in [0, 0.1) is 0 Å². The number of esters is 1. The lowest BCUT2D eigenvalue weighted by atomic mass is 10.1. The van der Waals surface area contributed by atoms with Gasteiger partial charge in [-0.2, -0.15) is 4.31 Å². The van der Waals surface area contributed by atoms with Gasteiger partial charge in [0.05, 0.1) is 24.0 Å². The highest BCUT2D eigenvalue weighted by Crippen LogP contribution is 2.30. The smallest absolute Gasteiger partial charge is 0.338 e. The minimum absolute atomic E-state index is 0.0528. The van der Waals surface area contributed by atoms with Gasteiger partial charge in [0.2, 0.25) is 15.9 Å². The highest BCUT2D eigenvalue weighted by atomic mass is 32.2. The summed E-state index contributed by atoms with van der Waals surface area (Å²) in [5.41, 5.74) is 0.919. The molecule has 0 fully saturated rings. The van der Waals surface area contributed by atoms with E-state index in [1.807, 2.05) is 0 Å². The Hall–Kier alpha value is -3.44. The highest BCUT2D eigenvalue weighted by Gasteiger charge is 2.32. The molecule has 0 aromatic heterocycles. The second kappa shape index (κ2) is 10.2. The van der Waals surface area contributed by atoms with Crippen molar-refractivity contribution in [2.75, 3.05) is 37.0 Å². The number of benzene rings is 2. The normalized spacial score (nSPS) is 14.3. The van der Waals surface area contributed by atoms with E-state index in [0.29, 0.717) is 11.4 Å². The van der Waals surface area contributed by atoms with Crippen LogP contribution in [0.3, 0.4) is 0 Å². The molecule has 0 saturated carbocycles. The molecule has 0 saturated heterocycles. The third kappa shape index (κ3) is 4.90. The third-order valence-corrected chi connectivity index (χ3v) is 7.46. The van der Waals surface area contributed by atoms with Crippen molar-refractivity contribution in [3.05, 3.63) is 48.0 Å². The highest BCUT2D eigenvalue weighted by molar-refractivity contribution is 7.89. The molecule has 2 aromatic carbocycles. The summed E-state index contributed by atoms with van der Waals surface area (Å²) in [4.78, 5) is 38.9. The predicted octanol–water partition coefficient (Wildman–Crippen LogP) is 2.26. The first-order valence-corrected chi connectivity index (χ1v) is 12.2. The molecule has 10 nitrogen and oxygen atoms in total. The summed E-state index contributed by atoms with van der Waals surface area (Å²) in [5.74, 6) is -1.75. The summed E-state index contributed by atoms with van der Waals surface area (Å²) in [7, 11) is -2.59. The summed E-state index contributed by atoms with van der Waals surface area (Å²) >= 11 is 0. The van der Waals surface area contributed by atoms with Crippen molar-refractivity contribution in [1.82, 2.24) is 4.31 Å². The fourth-order valence-corrected chi connectivity index (χ4v) is 5.28. The fourth-order valence-electron chi connectivity index (χ4n) is 3.64. The Morgan fingerprint density at radius 1 is 1.15 bits per heavy atom. The van der Waals surface area contributed by atoms with Crippen LogP contribution in [-0.2, 0) is 24.3 Å². The van der Waals surface area contributed by atoms with Crippen LogP contribution in [0.4, 0.5) is 11.4 Å². The number of sulfonamides is 1. The first kappa shape index (κ1) is 25.2. The quantitative estimate of drug-likeness (QED) is 0.564. The number of anilines is 2. The van der Waals surface area contributed by atoms with E-state index >= 15 is 0 Å². The van der Waals surface area contributed by atoms with Crippen LogP contribution < -0.4 is 15.0 Å². The lowest BCUT2D eigenvalue weighted by Gasteiger charge is -2.30. The minimum atomic E-state index is -3.92. The number of rotatable bonds is 8. The van der Waals surface area contributed by atoms with Crippen LogP contribution in [0.5, 0.6) is 5.75 Å². The van der Waals surface area contributed by atoms with Gasteiger partial charge in [-0.3, -0.25) is 14.5 Å². The van der Waals surface area contributed by atoms with Gasteiger partial charge in [-0.1, -0.05) is 26.0 Å². The van der Waals surface area contributed by atoms with Crippen LogP contribution in [0.15, 0.2) is 47.4 Å². The van der Waals surface area contributed by atoms with Gasteiger partial charge in [-0.25, -0.2) is 13.2 Å². The van der Waals surface area contributed by atoms with E-state index in [-0.39, 0.29) is 41.7 Å². The lowest BCUT2D eigenvalue weighted by Crippen LogP contribution is -2.47. The number of ether oxygens (including phenoxy) is 2. The number of nitrogens with zero attached hydrogens (tertiary/aromatic N) is 2. The molecule has 1 unspecified atom stereocenters. The van der Waals surface area contributed by atoms with Gasteiger partial charge in [-0.05, 0) is 37.3 Å². The van der Waals surface area contributed by atoms with Gasteiger partial charge >= 0.3 is 5.97 Å². The number of carbonyl (C=O) groups excluding carboxylic acids is 3. The molecule has 34 heavy (non-hydrogen) atoms. The number of amides is 2. The van der Waals surface area contributed by atoms with E-state index in [1.165, 1.54) is 41.4 Å². The number of para-hydroxylation sites is 2. The first-order valence-electron chi connectivity index (χ1n) is 10.7. The summed E-state index contributed by atoms with van der Waals surface area (Å²) < 4.78 is 37.8. The molecule has 0 radical (unpaired) electrons. The van der Waals surface area contributed by atoms with Crippen LogP contribution in [0.2, 0.25) is 0 Å². The minimum Gasteiger partial charge on any atom is -0.495 e. The Kier molecular flexibility index (Phi) is 7.57. The van der Waals surface area contributed by atoms with Crippen molar-refractivity contribution in [2.24, 2.45) is 0 Å². The number of fused-ring (bicyclic) bond motifs is 1. The van der Waals surface area contributed by atoms with Crippen molar-refractivity contribution >= 4 is 39.2 Å². The predicted molar refractivity (Wildman–Crippen MR) is 125 cm³/mol. The molecule has 1 atom stereocenters. The Bertz CT molecular complexity index is 1210. The van der Waals surface area contributed by atoms with Gasteiger partial charge < -0.3 is 14.8 Å². The van der Waals surface area contributed by atoms with Crippen LogP contribution in [0.25, 0.3) is 0 Å². The number of hydrogen-bond acceptors (Lipinski definition) is 7. The Morgan fingerprint density at radius 2 is 1.82 bits per heavy atom. The van der Waals surface area contributed by atoms with Gasteiger partial charge in [-0.15, -0.1) is 0 Å². The zero-order valence-corrected chi connectivity index (χ0v) is 20.2. The summed E-state index contributed by atoms with van der Waals surface area (Å²) in [5, 5.41) is 2.69. The maximum Gasteiger partial charge on any atom is 0.338 e. The zero-order valence-electron chi connectivity index (χ0n) is 19.4. The van der Waals surface area contributed by atoms with Gasteiger partial charge in [0.1, 0.15) is 17.2 Å². The lowest BCUT2D eigenvalue weighted by molar-refractivity contribution is -0.128. The molecule has 3 rings (SSSR count). The van der Waals surface area contributed by atoms with Gasteiger partial charge in [0, 0.05) is 13.1 Å². The van der Waals surface area contributed by atoms with Crippen LogP contribution in [-0.4, -0.2) is 63.4 Å². The van der Waals surface area contributed by atoms with Crippen LogP contribution >= 0.6 is 0 Å². The standard InChI is InChI=1S/C23H27N3O7S/c1-5-25(6-2)34(30,31)20-13-16(11-12-19(20)32-4)23(29)33-15(3)22(28)26-14-21(27)24-17-9-7-8-10-18(17)26/h7-13,15H,5-6,14H2,1-4H3,(H,24,27). The molecule has 1 aliphatic heterocycles. The molecule has 182 valence electrons. The molecular weight excluding hydrogens is 462 g/mol. The molecule has 1 N–H and O–H groups in total. The van der Waals surface area contributed by atoms with E-state index in [9.17, 15) is 22.8 Å². The summed E-state index contributed by atoms with van der Waals surface area (Å²) in [6, 6.07) is 10.7. The fraction of sp³-hybridized carbons (Fsp3) is 0.348. The Balaban J connectivity index is 1.85. The van der Waals surface area contributed by atoms with Gasteiger partial charge in [0.15, 0.2) is 6.10 Å². The van der Waals surface area contributed by atoms with Crippen molar-refractivity contribution in [1.29, 1.82) is 0 Å². The molecule has 2 aromatic rings. The van der Waals surface area contributed by atoms with Crippen LogP contribution in [0.1, 0.15) is 31.1 Å². The van der Waals surface area contributed by atoms with E-state index in [4.69, 9.17) is 9.47 Å². The third-order valence-electron chi connectivity index (χ3n) is 5.39. The maximum absolute atomic E-state index is 13.0. The number of nitrogens with one attached hydrogen (secondary N) is 1. The van der Waals surface area contributed by atoms with Crippen molar-refractivity contribution in [3.8, 4) is 5.75 Å². The maximum atomic E-state index is 13.0. The molecule has 0 aliphatic carbocycles. The van der Waals surface area contributed by atoms with Crippen molar-refractivity contribution in [2.45, 2.75) is 31.8 Å². The van der Waals surface area contributed by atoms with Crippen molar-refractivity contribution in [3.63, 3.8) is 0 Å². The average Bonchev–Trinajstić information content (AvgIpc) is 2.83. The van der Waals surface area contributed by atoms with E-state index < -0.39 is 28.0 Å².